The van der Waals surface area contributed by atoms with Gasteiger partial charge in [-0.3, -0.25) is 9.69 Å². The lowest BCUT2D eigenvalue weighted by molar-refractivity contribution is -0.117. The fourth-order valence-corrected chi connectivity index (χ4v) is 2.47. The fraction of sp³-hybridized carbons (Fsp3) is 0.500. The van der Waals surface area contributed by atoms with Crippen LogP contribution in [0.4, 0.5) is 14.5 Å². The molecule has 6 heteroatoms. The summed E-state index contributed by atoms with van der Waals surface area (Å²) in [5.41, 5.74) is 5.52. The number of carbonyl (C=O) groups excluding carboxylic acids is 1. The number of rotatable bonds is 4. The molecular formula is C14H19F2N3O. The molecule has 1 aromatic carbocycles. The number of anilines is 1. The van der Waals surface area contributed by atoms with Crippen molar-refractivity contribution in [3.63, 3.8) is 0 Å². The van der Waals surface area contributed by atoms with Crippen LogP contribution in [0.5, 0.6) is 0 Å². The molecule has 1 atom stereocenters. The number of nitrogens with two attached hydrogens (primary N) is 1. The molecule has 2 rings (SSSR count). The summed E-state index contributed by atoms with van der Waals surface area (Å²) >= 11 is 0. The van der Waals surface area contributed by atoms with Crippen molar-refractivity contribution in [2.24, 2.45) is 11.7 Å². The average Bonchev–Trinajstić information content (AvgIpc) is 2.43. The molecule has 110 valence electrons. The maximum atomic E-state index is 13.4. The molecule has 0 aliphatic carbocycles. The highest BCUT2D eigenvalue weighted by atomic mass is 19.1. The van der Waals surface area contributed by atoms with Crippen LogP contribution in [0.2, 0.25) is 0 Å². The van der Waals surface area contributed by atoms with Gasteiger partial charge in [0.15, 0.2) is 0 Å². The molecule has 0 bridgehead atoms. The Balaban J connectivity index is 1.90. The number of piperidine rings is 1. The van der Waals surface area contributed by atoms with E-state index in [1.54, 1.807) is 0 Å². The summed E-state index contributed by atoms with van der Waals surface area (Å²) in [4.78, 5) is 13.9. The van der Waals surface area contributed by atoms with Gasteiger partial charge in [0.05, 0.1) is 12.2 Å². The van der Waals surface area contributed by atoms with E-state index in [0.717, 1.165) is 44.1 Å². The molecule has 1 heterocycles. The standard InChI is InChI=1S/C14H19F2N3O/c15-11-3-4-12(16)13(6-11)18-14(20)9-19-5-1-2-10(7-17)8-19/h3-4,6,10H,1-2,5,7-9,17H2,(H,18,20). The van der Waals surface area contributed by atoms with Gasteiger partial charge in [-0.05, 0) is 44.0 Å². The number of hydrogen-bond donors (Lipinski definition) is 2. The Hall–Kier alpha value is -1.53. The van der Waals surface area contributed by atoms with Gasteiger partial charge in [0.25, 0.3) is 0 Å². The van der Waals surface area contributed by atoms with Crippen LogP contribution >= 0.6 is 0 Å². The molecule has 0 radical (unpaired) electrons. The molecule has 1 saturated heterocycles. The van der Waals surface area contributed by atoms with Crippen LogP contribution in [0.1, 0.15) is 12.8 Å². The monoisotopic (exact) mass is 283 g/mol. The normalized spacial score (nSPS) is 19.9. The molecule has 4 nitrogen and oxygen atoms in total. The molecular weight excluding hydrogens is 264 g/mol. The summed E-state index contributed by atoms with van der Waals surface area (Å²) in [7, 11) is 0. The van der Waals surface area contributed by atoms with E-state index in [1.807, 2.05) is 4.90 Å². The first-order valence-electron chi connectivity index (χ1n) is 6.76. The number of likely N-dealkylation sites (tertiary alicyclic amines) is 1. The van der Waals surface area contributed by atoms with E-state index in [0.29, 0.717) is 12.5 Å². The van der Waals surface area contributed by atoms with Crippen molar-refractivity contribution in [2.45, 2.75) is 12.8 Å². The maximum Gasteiger partial charge on any atom is 0.238 e. The fourth-order valence-electron chi connectivity index (χ4n) is 2.47. The second-order valence-corrected chi connectivity index (χ2v) is 5.15. The van der Waals surface area contributed by atoms with Gasteiger partial charge in [0.1, 0.15) is 11.6 Å². The second-order valence-electron chi connectivity index (χ2n) is 5.15. The van der Waals surface area contributed by atoms with E-state index in [4.69, 9.17) is 5.73 Å². The number of halogens is 2. The van der Waals surface area contributed by atoms with E-state index in [2.05, 4.69) is 5.32 Å². The predicted molar refractivity (Wildman–Crippen MR) is 73.2 cm³/mol. The Labute approximate surface area is 116 Å². The minimum atomic E-state index is -0.641. The molecule has 1 unspecified atom stereocenters. The van der Waals surface area contributed by atoms with Crippen molar-refractivity contribution in [3.8, 4) is 0 Å². The zero-order chi connectivity index (χ0) is 14.5. The lowest BCUT2D eigenvalue weighted by atomic mass is 9.98. The molecule has 1 aliphatic heterocycles. The first-order valence-corrected chi connectivity index (χ1v) is 6.76. The van der Waals surface area contributed by atoms with Gasteiger partial charge < -0.3 is 11.1 Å². The van der Waals surface area contributed by atoms with Crippen LogP contribution < -0.4 is 11.1 Å². The van der Waals surface area contributed by atoms with E-state index in [1.165, 1.54) is 0 Å². The summed E-state index contributed by atoms with van der Waals surface area (Å²) < 4.78 is 26.4. The zero-order valence-electron chi connectivity index (χ0n) is 11.2. The third-order valence-electron chi connectivity index (χ3n) is 3.51. The first-order chi connectivity index (χ1) is 9.58. The van der Waals surface area contributed by atoms with Gasteiger partial charge in [-0.1, -0.05) is 0 Å². The molecule has 0 saturated carbocycles. The molecule has 1 aliphatic rings. The molecule has 3 N–H and O–H groups in total. The first kappa shape index (κ1) is 14.9. The third kappa shape index (κ3) is 3.98. The van der Waals surface area contributed by atoms with E-state index in [9.17, 15) is 13.6 Å². The Morgan fingerprint density at radius 3 is 3.00 bits per heavy atom. The van der Waals surface area contributed by atoms with Gasteiger partial charge in [-0.25, -0.2) is 8.78 Å². The second kappa shape index (κ2) is 6.76. The molecule has 0 aromatic heterocycles. The van der Waals surface area contributed by atoms with Crippen molar-refractivity contribution in [2.75, 3.05) is 31.5 Å². The number of hydrogen-bond acceptors (Lipinski definition) is 3. The Bertz CT molecular complexity index is 481. The average molecular weight is 283 g/mol. The Morgan fingerprint density at radius 2 is 2.25 bits per heavy atom. The minimum Gasteiger partial charge on any atom is -0.330 e. The predicted octanol–water partition coefficient (Wildman–Crippen LogP) is 1.57. The Morgan fingerprint density at radius 1 is 1.45 bits per heavy atom. The van der Waals surface area contributed by atoms with Gasteiger partial charge >= 0.3 is 0 Å². The number of amides is 1. The quantitative estimate of drug-likeness (QED) is 0.882. The SMILES string of the molecule is NCC1CCCN(CC(=O)Nc2cc(F)ccc2F)C1. The van der Waals surface area contributed by atoms with E-state index in [-0.39, 0.29) is 18.1 Å². The smallest absolute Gasteiger partial charge is 0.238 e. The zero-order valence-corrected chi connectivity index (χ0v) is 11.2. The van der Waals surface area contributed by atoms with Crippen LogP contribution in [-0.4, -0.2) is 37.0 Å². The topological polar surface area (TPSA) is 58.4 Å². The van der Waals surface area contributed by atoms with Gasteiger partial charge in [-0.2, -0.15) is 0 Å². The molecule has 1 fully saturated rings. The summed E-state index contributed by atoms with van der Waals surface area (Å²) in [6.45, 7) is 2.38. The van der Waals surface area contributed by atoms with Crippen molar-refractivity contribution in [3.05, 3.63) is 29.8 Å². The highest BCUT2D eigenvalue weighted by molar-refractivity contribution is 5.92. The number of carbonyl (C=O) groups is 1. The highest BCUT2D eigenvalue weighted by Gasteiger charge is 2.20. The number of nitrogens with zero attached hydrogens (tertiary/aromatic N) is 1. The molecule has 20 heavy (non-hydrogen) atoms. The van der Waals surface area contributed by atoms with Crippen molar-refractivity contribution in [1.29, 1.82) is 0 Å². The van der Waals surface area contributed by atoms with Crippen LogP contribution in [0, 0.1) is 17.6 Å². The van der Waals surface area contributed by atoms with Crippen LogP contribution in [-0.2, 0) is 4.79 Å². The van der Waals surface area contributed by atoms with Gasteiger partial charge in [0.2, 0.25) is 5.91 Å². The van der Waals surface area contributed by atoms with E-state index >= 15 is 0 Å². The van der Waals surface area contributed by atoms with Gasteiger partial charge in [-0.15, -0.1) is 0 Å². The van der Waals surface area contributed by atoms with Crippen molar-refractivity contribution >= 4 is 11.6 Å². The number of benzene rings is 1. The van der Waals surface area contributed by atoms with Crippen LogP contribution in [0.25, 0.3) is 0 Å². The minimum absolute atomic E-state index is 0.123. The van der Waals surface area contributed by atoms with Crippen LogP contribution in [0.15, 0.2) is 18.2 Å². The summed E-state index contributed by atoms with van der Waals surface area (Å²) in [6.07, 6.45) is 2.08. The number of nitrogens with one attached hydrogen (secondary N) is 1. The third-order valence-corrected chi connectivity index (χ3v) is 3.51. The largest absolute Gasteiger partial charge is 0.330 e. The van der Waals surface area contributed by atoms with Crippen molar-refractivity contribution < 1.29 is 13.6 Å². The lowest BCUT2D eigenvalue weighted by Crippen LogP contribution is -2.42. The summed E-state index contributed by atoms with van der Waals surface area (Å²) in [6, 6.07) is 2.99. The van der Waals surface area contributed by atoms with E-state index < -0.39 is 11.6 Å². The van der Waals surface area contributed by atoms with Gasteiger partial charge in [0, 0.05) is 12.6 Å². The lowest BCUT2D eigenvalue weighted by Gasteiger charge is -2.31. The molecule has 1 aromatic rings. The summed E-state index contributed by atoms with van der Waals surface area (Å²) in [5.74, 6) is -1.16. The Kier molecular flexibility index (Phi) is 5.03. The maximum absolute atomic E-state index is 13.4. The van der Waals surface area contributed by atoms with Crippen molar-refractivity contribution in [1.82, 2.24) is 4.90 Å². The molecule has 0 spiro atoms. The van der Waals surface area contributed by atoms with Crippen LogP contribution in [0.3, 0.4) is 0 Å². The highest BCUT2D eigenvalue weighted by Crippen LogP contribution is 2.17. The molecule has 1 amide bonds. The summed E-state index contributed by atoms with van der Waals surface area (Å²) in [5, 5.41) is 2.40.